The Hall–Kier alpha value is -2.18. The van der Waals surface area contributed by atoms with Gasteiger partial charge in [0.2, 0.25) is 5.91 Å². The third-order valence-electron chi connectivity index (χ3n) is 9.45. The van der Waals surface area contributed by atoms with Crippen molar-refractivity contribution in [2.24, 2.45) is 0 Å². The molecule has 296 valence electrons. The second-order valence-electron chi connectivity index (χ2n) is 14.4. The summed E-state index contributed by atoms with van der Waals surface area (Å²) in [4.78, 5) is 25.9. The van der Waals surface area contributed by atoms with Crippen molar-refractivity contribution < 1.29 is 24.5 Å². The Balaban J connectivity index is 4.67. The molecule has 3 atom stereocenters. The average Bonchev–Trinajstić information content (AvgIpc) is 3.12. The summed E-state index contributed by atoms with van der Waals surface area (Å²) in [6.45, 7) is 6.26. The van der Waals surface area contributed by atoms with Crippen molar-refractivity contribution in [2.75, 3.05) is 6.61 Å². The van der Waals surface area contributed by atoms with Gasteiger partial charge in [-0.05, 0) is 64.2 Å². The first-order valence-electron chi connectivity index (χ1n) is 21.4. The predicted octanol–water partition coefficient (Wildman–Crippen LogP) is 11.9. The Bertz CT molecular complexity index is 895. The zero-order chi connectivity index (χ0) is 37.5. The fraction of sp³-hybridized carbons (Fsp3) is 0.778. The molecule has 6 heteroatoms. The highest BCUT2D eigenvalue weighted by molar-refractivity contribution is 5.77. The van der Waals surface area contributed by atoms with Crippen LogP contribution < -0.4 is 5.32 Å². The highest BCUT2D eigenvalue weighted by atomic mass is 16.5. The van der Waals surface area contributed by atoms with Crippen LogP contribution in [0.25, 0.3) is 0 Å². The number of ether oxygens (including phenoxy) is 1. The van der Waals surface area contributed by atoms with E-state index in [0.717, 1.165) is 77.0 Å². The van der Waals surface area contributed by atoms with Crippen molar-refractivity contribution in [3.63, 3.8) is 0 Å². The Morgan fingerprint density at radius 3 is 1.73 bits per heavy atom. The first-order valence-corrected chi connectivity index (χ1v) is 21.4. The molecular weight excluding hydrogens is 634 g/mol. The minimum atomic E-state index is -0.795. The molecule has 51 heavy (non-hydrogen) atoms. The quantitative estimate of drug-likeness (QED) is 0.0257. The molecule has 0 saturated heterocycles. The molecule has 3 N–H and O–H groups in total. The lowest BCUT2D eigenvalue weighted by atomic mass is 10.0. The van der Waals surface area contributed by atoms with E-state index in [9.17, 15) is 19.8 Å². The van der Waals surface area contributed by atoms with E-state index in [-0.39, 0.29) is 24.9 Å². The van der Waals surface area contributed by atoms with Crippen molar-refractivity contribution in [3.05, 3.63) is 48.6 Å². The molecule has 0 radical (unpaired) electrons. The third kappa shape index (κ3) is 34.7. The highest BCUT2D eigenvalue weighted by Crippen LogP contribution is 2.17. The lowest BCUT2D eigenvalue weighted by Gasteiger charge is -2.24. The zero-order valence-electron chi connectivity index (χ0n) is 33.5. The van der Waals surface area contributed by atoms with Gasteiger partial charge in [0, 0.05) is 6.42 Å². The minimum Gasteiger partial charge on any atom is -0.462 e. The fourth-order valence-electron chi connectivity index (χ4n) is 6.17. The maximum absolute atomic E-state index is 13.1. The van der Waals surface area contributed by atoms with E-state index in [1.54, 1.807) is 0 Å². The molecule has 0 saturated carbocycles. The normalized spacial score (nSPS) is 13.9. The summed E-state index contributed by atoms with van der Waals surface area (Å²) in [6, 6.07) is -0.711. The van der Waals surface area contributed by atoms with Gasteiger partial charge in [0.05, 0.1) is 25.2 Å². The number of aliphatic hydroxyl groups is 2. The van der Waals surface area contributed by atoms with Gasteiger partial charge in [-0.2, -0.15) is 0 Å². The number of esters is 1. The minimum absolute atomic E-state index is 0.0506. The molecular formula is C45H81NO5. The Morgan fingerprint density at radius 2 is 1.10 bits per heavy atom. The molecule has 0 aliphatic rings. The van der Waals surface area contributed by atoms with Gasteiger partial charge in [-0.15, -0.1) is 0 Å². The molecule has 0 aromatic carbocycles. The highest BCUT2D eigenvalue weighted by Gasteiger charge is 2.24. The van der Waals surface area contributed by atoms with Gasteiger partial charge < -0.3 is 20.3 Å². The van der Waals surface area contributed by atoms with E-state index in [4.69, 9.17) is 4.74 Å². The van der Waals surface area contributed by atoms with Gasteiger partial charge in [-0.25, -0.2) is 0 Å². The van der Waals surface area contributed by atoms with Gasteiger partial charge in [-0.1, -0.05) is 172 Å². The summed E-state index contributed by atoms with van der Waals surface area (Å²) in [7, 11) is 0. The van der Waals surface area contributed by atoms with Crippen molar-refractivity contribution in [1.29, 1.82) is 0 Å². The van der Waals surface area contributed by atoms with E-state index in [1.165, 1.54) is 77.0 Å². The number of aliphatic hydroxyl groups excluding tert-OH is 2. The first-order chi connectivity index (χ1) is 25.0. The van der Waals surface area contributed by atoms with E-state index in [0.29, 0.717) is 19.3 Å². The lowest BCUT2D eigenvalue weighted by Crippen LogP contribution is -2.46. The molecule has 0 rings (SSSR count). The summed E-state index contributed by atoms with van der Waals surface area (Å²) >= 11 is 0. The number of allylic oxidation sites excluding steroid dienone is 8. The molecule has 6 nitrogen and oxygen atoms in total. The van der Waals surface area contributed by atoms with Gasteiger partial charge in [-0.3, -0.25) is 9.59 Å². The van der Waals surface area contributed by atoms with Gasteiger partial charge >= 0.3 is 5.97 Å². The molecule has 0 aliphatic heterocycles. The van der Waals surface area contributed by atoms with E-state index in [1.807, 2.05) is 12.2 Å². The molecule has 3 unspecified atom stereocenters. The van der Waals surface area contributed by atoms with Crippen LogP contribution in [-0.4, -0.2) is 46.9 Å². The number of nitrogens with one attached hydrogen (secondary N) is 1. The van der Waals surface area contributed by atoms with Crippen LogP contribution >= 0.6 is 0 Å². The van der Waals surface area contributed by atoms with Crippen LogP contribution in [0.5, 0.6) is 0 Å². The molecule has 0 aromatic rings. The maximum Gasteiger partial charge on any atom is 0.306 e. The second-order valence-corrected chi connectivity index (χ2v) is 14.4. The number of hydrogen-bond acceptors (Lipinski definition) is 5. The van der Waals surface area contributed by atoms with E-state index < -0.39 is 18.2 Å². The van der Waals surface area contributed by atoms with Gasteiger partial charge in [0.15, 0.2) is 0 Å². The average molecular weight is 716 g/mol. The molecule has 0 spiro atoms. The topological polar surface area (TPSA) is 95.9 Å². The molecule has 0 fully saturated rings. The molecule has 1 amide bonds. The molecule has 0 aromatic heterocycles. The van der Waals surface area contributed by atoms with Crippen molar-refractivity contribution >= 4 is 11.9 Å². The number of amides is 1. The number of carbonyl (C=O) groups excluding carboxylic acids is 2. The number of hydrogen-bond donors (Lipinski definition) is 3. The van der Waals surface area contributed by atoms with Crippen LogP contribution in [0.1, 0.15) is 201 Å². The molecule has 0 aliphatic carbocycles. The summed E-state index contributed by atoms with van der Waals surface area (Å²) in [5.41, 5.74) is 0. The van der Waals surface area contributed by atoms with E-state index >= 15 is 0 Å². The van der Waals surface area contributed by atoms with Crippen LogP contribution in [0.2, 0.25) is 0 Å². The van der Waals surface area contributed by atoms with Crippen molar-refractivity contribution in [2.45, 2.75) is 219 Å². The monoisotopic (exact) mass is 716 g/mol. The Labute approximate surface area is 315 Å². The van der Waals surface area contributed by atoms with Crippen LogP contribution in [0, 0.1) is 0 Å². The largest absolute Gasteiger partial charge is 0.462 e. The summed E-state index contributed by atoms with van der Waals surface area (Å²) < 4.78 is 5.86. The number of rotatable bonds is 37. The third-order valence-corrected chi connectivity index (χ3v) is 9.45. The van der Waals surface area contributed by atoms with Gasteiger partial charge in [0.1, 0.15) is 6.10 Å². The van der Waals surface area contributed by atoms with Crippen LogP contribution in [0.3, 0.4) is 0 Å². The van der Waals surface area contributed by atoms with Gasteiger partial charge in [0.25, 0.3) is 0 Å². The van der Waals surface area contributed by atoms with Crippen molar-refractivity contribution in [1.82, 2.24) is 5.32 Å². The smallest absolute Gasteiger partial charge is 0.306 e. The molecule has 0 bridgehead atoms. The van der Waals surface area contributed by atoms with Crippen LogP contribution in [0.15, 0.2) is 48.6 Å². The summed E-state index contributed by atoms with van der Waals surface area (Å²) in [6.07, 6.45) is 44.6. The molecule has 0 heterocycles. The van der Waals surface area contributed by atoms with Crippen LogP contribution in [-0.2, 0) is 14.3 Å². The summed E-state index contributed by atoms with van der Waals surface area (Å²) in [5.74, 6) is -0.525. The lowest BCUT2D eigenvalue weighted by molar-refractivity contribution is -0.151. The second kappa shape index (κ2) is 39.0. The number of carbonyl (C=O) groups is 2. The number of unbranched alkanes of at least 4 members (excludes halogenated alkanes) is 19. The predicted molar refractivity (Wildman–Crippen MR) is 218 cm³/mol. The Morgan fingerprint density at radius 1 is 0.588 bits per heavy atom. The Kier molecular flexibility index (Phi) is 37.4. The van der Waals surface area contributed by atoms with E-state index in [2.05, 4.69) is 62.5 Å². The zero-order valence-corrected chi connectivity index (χ0v) is 33.5. The van der Waals surface area contributed by atoms with Crippen molar-refractivity contribution in [3.8, 4) is 0 Å². The fourth-order valence-corrected chi connectivity index (χ4v) is 6.17. The standard InChI is InChI=1S/C45H81NO5/c1-4-7-10-13-16-19-22-24-27-30-33-36-41(51-45(50)38-35-32-29-26-23-20-17-14-11-8-5-2)39-44(49)46-42(40-47)43(48)37-34-31-28-25-21-18-15-12-9-6-3/h7,10,13-14,16-17,19,22,41-43,47-48H,4-6,8-9,11-12,15,18,20-21,23-40H2,1-3H3,(H,46,49)/b10-7+,16-13+,17-14-,22-19-. The summed E-state index contributed by atoms with van der Waals surface area (Å²) in [5, 5.41) is 23.5. The maximum atomic E-state index is 13.1. The van der Waals surface area contributed by atoms with Crippen LogP contribution in [0.4, 0.5) is 0 Å². The SMILES string of the molecule is CC/C=C/C=C/C=C\CCCCCC(CC(=O)NC(CO)C(O)CCCCCCCCCCCC)OC(=O)CCCCCCC/C=C\CCCC. The first kappa shape index (κ1) is 48.8.